The van der Waals surface area contributed by atoms with Crippen LogP contribution in [0.3, 0.4) is 0 Å². The van der Waals surface area contributed by atoms with E-state index in [0.717, 1.165) is 46.6 Å². The van der Waals surface area contributed by atoms with Gasteiger partial charge in [-0.3, -0.25) is 0 Å². The molecule has 0 amide bonds. The second kappa shape index (κ2) is 7.71. The van der Waals surface area contributed by atoms with Crippen LogP contribution in [0.4, 0.5) is 5.82 Å². The molecule has 154 valence electrons. The number of nitrogens with zero attached hydrogens (tertiary/aromatic N) is 2. The SMILES string of the molecule is c1ccc(-c2nn(-c3ccccc3)c3c2[C@H](c2ccc4c(c2)OCO4)SCCN3)cc1. The maximum Gasteiger partial charge on any atom is 0.231 e. The zero-order valence-corrected chi connectivity index (χ0v) is 17.6. The van der Waals surface area contributed by atoms with Crippen molar-refractivity contribution in [3.8, 4) is 28.4 Å². The summed E-state index contributed by atoms with van der Waals surface area (Å²) in [6, 6.07) is 27.0. The number of hydrogen-bond acceptors (Lipinski definition) is 5. The van der Waals surface area contributed by atoms with Crippen molar-refractivity contribution < 1.29 is 9.47 Å². The highest BCUT2D eigenvalue weighted by Gasteiger charge is 2.31. The van der Waals surface area contributed by atoms with Gasteiger partial charge in [-0.2, -0.15) is 5.10 Å². The van der Waals surface area contributed by atoms with Crippen LogP contribution in [0.5, 0.6) is 11.5 Å². The number of para-hydroxylation sites is 1. The van der Waals surface area contributed by atoms with E-state index >= 15 is 0 Å². The maximum atomic E-state index is 5.67. The fourth-order valence-corrected chi connectivity index (χ4v) is 5.37. The standard InChI is InChI=1S/C25H21N3O2S/c1-3-7-17(8-4-1)23-22-24(18-11-12-20-21(15-18)30-16-29-20)31-14-13-26-25(22)28(27-23)19-9-5-2-6-10-19/h1-12,15,24,26H,13-14,16H2/t24-/m0/s1. The Morgan fingerprint density at radius 2 is 1.68 bits per heavy atom. The van der Waals surface area contributed by atoms with Crippen molar-refractivity contribution in [3.63, 3.8) is 0 Å². The molecule has 0 radical (unpaired) electrons. The summed E-state index contributed by atoms with van der Waals surface area (Å²) in [6.45, 7) is 1.16. The van der Waals surface area contributed by atoms with Gasteiger partial charge in [0, 0.05) is 23.4 Å². The smallest absolute Gasteiger partial charge is 0.231 e. The number of fused-ring (bicyclic) bond motifs is 2. The molecule has 0 aliphatic carbocycles. The molecule has 0 saturated heterocycles. The van der Waals surface area contributed by atoms with Crippen LogP contribution in [0.15, 0.2) is 78.9 Å². The minimum Gasteiger partial charge on any atom is -0.454 e. The molecule has 1 atom stereocenters. The third-order valence-corrected chi connectivity index (χ3v) is 6.89. The number of rotatable bonds is 3. The molecule has 0 bridgehead atoms. The van der Waals surface area contributed by atoms with Crippen LogP contribution in [0, 0.1) is 0 Å². The summed E-state index contributed by atoms with van der Waals surface area (Å²) in [6.07, 6.45) is 0. The molecule has 2 aliphatic heterocycles. The summed E-state index contributed by atoms with van der Waals surface area (Å²) in [5.41, 5.74) is 5.57. The normalized spacial score (nSPS) is 17.0. The van der Waals surface area contributed by atoms with Gasteiger partial charge < -0.3 is 14.8 Å². The number of anilines is 1. The highest BCUT2D eigenvalue weighted by molar-refractivity contribution is 7.99. The summed E-state index contributed by atoms with van der Waals surface area (Å²) in [7, 11) is 0. The fraction of sp³-hybridized carbons (Fsp3) is 0.160. The van der Waals surface area contributed by atoms with E-state index < -0.39 is 0 Å². The van der Waals surface area contributed by atoms with Gasteiger partial charge in [0.05, 0.1) is 16.6 Å². The Morgan fingerprint density at radius 1 is 0.903 bits per heavy atom. The molecule has 2 aliphatic rings. The summed E-state index contributed by atoms with van der Waals surface area (Å²) in [5, 5.41) is 8.90. The van der Waals surface area contributed by atoms with Gasteiger partial charge in [0.1, 0.15) is 5.82 Å². The van der Waals surface area contributed by atoms with E-state index in [1.807, 2.05) is 46.8 Å². The number of nitrogens with one attached hydrogen (secondary N) is 1. The third-order valence-electron chi connectivity index (χ3n) is 5.61. The van der Waals surface area contributed by atoms with Crippen molar-refractivity contribution in [1.82, 2.24) is 9.78 Å². The van der Waals surface area contributed by atoms with Gasteiger partial charge in [0.25, 0.3) is 0 Å². The average Bonchev–Trinajstić information content (AvgIpc) is 3.39. The van der Waals surface area contributed by atoms with Gasteiger partial charge in [0.15, 0.2) is 11.5 Å². The Bertz CT molecular complexity index is 1220. The van der Waals surface area contributed by atoms with E-state index in [1.165, 1.54) is 11.1 Å². The molecular formula is C25H21N3O2S. The first-order valence-corrected chi connectivity index (χ1v) is 11.4. The van der Waals surface area contributed by atoms with Crippen molar-refractivity contribution in [2.45, 2.75) is 5.25 Å². The molecule has 0 saturated carbocycles. The summed E-state index contributed by atoms with van der Waals surface area (Å²) >= 11 is 1.93. The molecule has 4 aromatic rings. The van der Waals surface area contributed by atoms with E-state index in [-0.39, 0.29) is 12.0 Å². The number of ether oxygens (including phenoxy) is 2. The first kappa shape index (κ1) is 18.4. The van der Waals surface area contributed by atoms with E-state index in [1.54, 1.807) is 0 Å². The fourth-order valence-electron chi connectivity index (χ4n) is 4.18. The zero-order chi connectivity index (χ0) is 20.6. The molecule has 1 N–H and O–H groups in total. The number of thioether (sulfide) groups is 1. The predicted molar refractivity (Wildman–Crippen MR) is 124 cm³/mol. The quantitative estimate of drug-likeness (QED) is 0.467. The van der Waals surface area contributed by atoms with E-state index in [9.17, 15) is 0 Å². The first-order valence-electron chi connectivity index (χ1n) is 10.4. The van der Waals surface area contributed by atoms with Gasteiger partial charge in [-0.05, 0) is 29.8 Å². The summed E-state index contributed by atoms with van der Waals surface area (Å²) in [4.78, 5) is 0. The predicted octanol–water partition coefficient (Wildman–Crippen LogP) is 5.52. The molecule has 6 rings (SSSR count). The van der Waals surface area contributed by atoms with E-state index in [4.69, 9.17) is 14.6 Å². The molecule has 6 heteroatoms. The van der Waals surface area contributed by atoms with Crippen molar-refractivity contribution in [2.75, 3.05) is 24.4 Å². The molecule has 1 aromatic heterocycles. The largest absolute Gasteiger partial charge is 0.454 e. The number of hydrogen-bond donors (Lipinski definition) is 1. The summed E-state index contributed by atoms with van der Waals surface area (Å²) in [5.74, 6) is 3.67. The lowest BCUT2D eigenvalue weighted by atomic mass is 9.99. The Labute approximate surface area is 185 Å². The monoisotopic (exact) mass is 427 g/mol. The third kappa shape index (κ3) is 3.24. The molecule has 3 aromatic carbocycles. The number of aromatic nitrogens is 2. The summed E-state index contributed by atoms with van der Waals surface area (Å²) < 4.78 is 13.2. The lowest BCUT2D eigenvalue weighted by Crippen LogP contribution is -2.08. The topological polar surface area (TPSA) is 48.3 Å². The molecule has 0 fully saturated rings. The Kier molecular flexibility index (Phi) is 4.57. The maximum absolute atomic E-state index is 5.67. The van der Waals surface area contributed by atoms with Crippen LogP contribution in [0.25, 0.3) is 16.9 Å². The lowest BCUT2D eigenvalue weighted by Gasteiger charge is -2.17. The van der Waals surface area contributed by atoms with Gasteiger partial charge in [-0.25, -0.2) is 4.68 Å². The minimum atomic E-state index is 0.132. The van der Waals surface area contributed by atoms with E-state index in [0.29, 0.717) is 0 Å². The molecule has 31 heavy (non-hydrogen) atoms. The first-order chi connectivity index (χ1) is 15.4. The average molecular weight is 428 g/mol. The lowest BCUT2D eigenvalue weighted by molar-refractivity contribution is 0.174. The zero-order valence-electron chi connectivity index (χ0n) is 16.8. The number of benzene rings is 3. The van der Waals surface area contributed by atoms with Gasteiger partial charge in [-0.15, -0.1) is 11.8 Å². The van der Waals surface area contributed by atoms with Crippen molar-refractivity contribution in [2.24, 2.45) is 0 Å². The van der Waals surface area contributed by atoms with Gasteiger partial charge in [0.2, 0.25) is 6.79 Å². The van der Waals surface area contributed by atoms with Gasteiger partial charge in [-0.1, -0.05) is 54.6 Å². The molecule has 0 spiro atoms. The molecular weight excluding hydrogens is 406 g/mol. The molecule has 5 nitrogen and oxygen atoms in total. The minimum absolute atomic E-state index is 0.132. The highest BCUT2D eigenvalue weighted by Crippen LogP contribution is 2.48. The van der Waals surface area contributed by atoms with Crippen LogP contribution >= 0.6 is 11.8 Å². The van der Waals surface area contributed by atoms with Crippen LogP contribution in [-0.4, -0.2) is 28.9 Å². The van der Waals surface area contributed by atoms with E-state index in [2.05, 4.69) is 53.8 Å². The molecule has 3 heterocycles. The van der Waals surface area contributed by atoms with Crippen molar-refractivity contribution in [1.29, 1.82) is 0 Å². The Morgan fingerprint density at radius 3 is 2.52 bits per heavy atom. The van der Waals surface area contributed by atoms with Crippen LogP contribution in [0.1, 0.15) is 16.4 Å². The van der Waals surface area contributed by atoms with Crippen molar-refractivity contribution in [3.05, 3.63) is 90.0 Å². The van der Waals surface area contributed by atoms with Crippen molar-refractivity contribution >= 4 is 17.6 Å². The second-order valence-electron chi connectivity index (χ2n) is 7.51. The second-order valence-corrected chi connectivity index (χ2v) is 8.73. The van der Waals surface area contributed by atoms with Crippen LogP contribution < -0.4 is 14.8 Å². The van der Waals surface area contributed by atoms with Crippen LogP contribution in [-0.2, 0) is 0 Å². The highest BCUT2D eigenvalue weighted by atomic mass is 32.2. The van der Waals surface area contributed by atoms with Crippen LogP contribution in [0.2, 0.25) is 0 Å². The van der Waals surface area contributed by atoms with Gasteiger partial charge >= 0.3 is 0 Å². The Hall–Kier alpha value is -3.38. The molecule has 0 unspecified atom stereocenters. The Balaban J connectivity index is 1.57.